The predicted molar refractivity (Wildman–Crippen MR) is 76.9 cm³/mol. The third kappa shape index (κ3) is 4.75. The molecule has 1 aliphatic rings. The maximum Gasteiger partial charge on any atom is 0.227 e. The second-order valence-electron chi connectivity index (χ2n) is 6.41. The Morgan fingerprint density at radius 3 is 2.37 bits per heavy atom. The van der Waals surface area contributed by atoms with Gasteiger partial charge >= 0.3 is 0 Å². The number of carbonyl (C=O) groups is 1. The molecule has 0 saturated carbocycles. The highest BCUT2D eigenvalue weighted by Gasteiger charge is 2.40. The van der Waals surface area contributed by atoms with Crippen molar-refractivity contribution >= 4 is 5.91 Å². The van der Waals surface area contributed by atoms with Crippen molar-refractivity contribution in [3.05, 3.63) is 0 Å². The lowest BCUT2D eigenvalue weighted by Gasteiger charge is -2.37. The highest BCUT2D eigenvalue weighted by atomic mass is 16.5. The number of nitrogens with two attached hydrogens (primary N) is 1. The summed E-state index contributed by atoms with van der Waals surface area (Å²) in [6.07, 6.45) is 0.965. The quantitative estimate of drug-likeness (QED) is 0.694. The second kappa shape index (κ2) is 6.68. The second-order valence-corrected chi connectivity index (χ2v) is 6.41. The van der Waals surface area contributed by atoms with Crippen LogP contribution in [0.5, 0.6) is 0 Å². The molecule has 112 valence electrons. The summed E-state index contributed by atoms with van der Waals surface area (Å²) in [6, 6.07) is 0. The first-order chi connectivity index (χ1) is 8.75. The fourth-order valence-corrected chi connectivity index (χ4v) is 1.84. The molecule has 0 bridgehead atoms. The van der Waals surface area contributed by atoms with E-state index in [0.29, 0.717) is 6.54 Å². The number of rotatable bonds is 6. The summed E-state index contributed by atoms with van der Waals surface area (Å²) in [5.41, 5.74) is 4.96. The molecular formula is C14H29N3O2. The number of nitrogens with zero attached hydrogens (tertiary/aromatic N) is 1. The van der Waals surface area contributed by atoms with Crippen LogP contribution in [0.2, 0.25) is 0 Å². The molecule has 1 fully saturated rings. The molecule has 0 aromatic heterocycles. The summed E-state index contributed by atoms with van der Waals surface area (Å²) in [5, 5.41) is 2.99. The Hall–Kier alpha value is -0.650. The molecule has 1 saturated heterocycles. The van der Waals surface area contributed by atoms with E-state index in [9.17, 15) is 4.79 Å². The average Bonchev–Trinajstić information content (AvgIpc) is 2.34. The van der Waals surface area contributed by atoms with E-state index in [4.69, 9.17) is 10.5 Å². The van der Waals surface area contributed by atoms with Crippen molar-refractivity contribution in [1.82, 2.24) is 10.2 Å². The lowest BCUT2D eigenvalue weighted by Crippen LogP contribution is -2.55. The topological polar surface area (TPSA) is 67.6 Å². The van der Waals surface area contributed by atoms with E-state index >= 15 is 0 Å². The van der Waals surface area contributed by atoms with E-state index in [1.165, 1.54) is 0 Å². The molecule has 0 aromatic rings. The maximum atomic E-state index is 12.1. The number of ether oxygens (including phenoxy) is 1. The number of morpholine rings is 1. The Bertz CT molecular complexity index is 292. The lowest BCUT2D eigenvalue weighted by atomic mass is 9.74. The van der Waals surface area contributed by atoms with Crippen LogP contribution in [0.25, 0.3) is 0 Å². The fourth-order valence-electron chi connectivity index (χ4n) is 1.84. The van der Waals surface area contributed by atoms with Crippen molar-refractivity contribution in [1.29, 1.82) is 0 Å². The summed E-state index contributed by atoms with van der Waals surface area (Å²) in [4.78, 5) is 14.5. The molecule has 3 N–H and O–H groups in total. The van der Waals surface area contributed by atoms with Gasteiger partial charge in [-0.2, -0.15) is 0 Å². The third-order valence-corrected chi connectivity index (χ3v) is 4.22. The van der Waals surface area contributed by atoms with E-state index in [0.717, 1.165) is 39.3 Å². The smallest absolute Gasteiger partial charge is 0.227 e. The number of carbonyl (C=O) groups excluding carboxylic acids is 1. The van der Waals surface area contributed by atoms with Crippen LogP contribution in [0, 0.1) is 5.41 Å². The molecule has 19 heavy (non-hydrogen) atoms. The van der Waals surface area contributed by atoms with Gasteiger partial charge in [0.25, 0.3) is 0 Å². The first kappa shape index (κ1) is 16.4. The van der Waals surface area contributed by atoms with Crippen LogP contribution in [0.1, 0.15) is 34.1 Å². The summed E-state index contributed by atoms with van der Waals surface area (Å²) in [5.74, 6) is 0.0296. The van der Waals surface area contributed by atoms with Crippen LogP contribution >= 0.6 is 0 Å². The van der Waals surface area contributed by atoms with E-state index in [1.807, 2.05) is 27.7 Å². The van der Waals surface area contributed by atoms with Crippen molar-refractivity contribution in [3.8, 4) is 0 Å². The molecule has 1 rings (SSSR count). The molecule has 0 aliphatic carbocycles. The fraction of sp³-hybridized carbons (Fsp3) is 0.929. The number of hydrogen-bond acceptors (Lipinski definition) is 4. The zero-order valence-corrected chi connectivity index (χ0v) is 12.8. The van der Waals surface area contributed by atoms with Crippen LogP contribution in [0.15, 0.2) is 0 Å². The van der Waals surface area contributed by atoms with Gasteiger partial charge in [0.05, 0.1) is 18.6 Å². The monoisotopic (exact) mass is 271 g/mol. The van der Waals surface area contributed by atoms with Crippen molar-refractivity contribution in [2.75, 3.05) is 39.4 Å². The van der Waals surface area contributed by atoms with Gasteiger partial charge in [-0.3, -0.25) is 9.69 Å². The van der Waals surface area contributed by atoms with Gasteiger partial charge in [-0.1, -0.05) is 0 Å². The van der Waals surface area contributed by atoms with Crippen LogP contribution < -0.4 is 11.1 Å². The van der Waals surface area contributed by atoms with Crippen molar-refractivity contribution in [2.45, 2.75) is 39.7 Å². The summed E-state index contributed by atoms with van der Waals surface area (Å²) in [7, 11) is 0. The molecule has 0 radical (unpaired) electrons. The van der Waals surface area contributed by atoms with Crippen molar-refractivity contribution < 1.29 is 9.53 Å². The van der Waals surface area contributed by atoms with Crippen LogP contribution in [0.4, 0.5) is 0 Å². The zero-order chi connectivity index (χ0) is 14.5. The highest BCUT2D eigenvalue weighted by molar-refractivity contribution is 5.83. The van der Waals surface area contributed by atoms with Gasteiger partial charge < -0.3 is 15.8 Å². The van der Waals surface area contributed by atoms with Gasteiger partial charge in [-0.05, 0) is 40.7 Å². The van der Waals surface area contributed by atoms with E-state index in [1.54, 1.807) is 0 Å². The lowest BCUT2D eigenvalue weighted by molar-refractivity contribution is -0.132. The number of amides is 1. The first-order valence-corrected chi connectivity index (χ1v) is 7.12. The average molecular weight is 271 g/mol. The minimum Gasteiger partial charge on any atom is -0.379 e. The Kier molecular flexibility index (Phi) is 5.77. The molecule has 1 heterocycles. The largest absolute Gasteiger partial charge is 0.379 e. The number of nitrogens with one attached hydrogen (secondary N) is 1. The standard InChI is InChI=1S/C14H29N3O2/c1-13(2,14(3,4)15)12(18)16-6-5-7-17-8-10-19-11-9-17/h5-11,15H2,1-4H3,(H,16,18). The molecular weight excluding hydrogens is 242 g/mol. The normalized spacial score (nSPS) is 18.4. The Balaban J connectivity index is 2.23. The third-order valence-electron chi connectivity index (χ3n) is 4.22. The van der Waals surface area contributed by atoms with Crippen LogP contribution in [-0.2, 0) is 9.53 Å². The van der Waals surface area contributed by atoms with Crippen molar-refractivity contribution in [3.63, 3.8) is 0 Å². The SMILES string of the molecule is CC(C)(N)C(C)(C)C(=O)NCCCN1CCOCC1. The van der Waals surface area contributed by atoms with E-state index < -0.39 is 11.0 Å². The van der Waals surface area contributed by atoms with Gasteiger partial charge in [0.2, 0.25) is 5.91 Å². The molecule has 0 aromatic carbocycles. The van der Waals surface area contributed by atoms with Gasteiger partial charge in [0, 0.05) is 25.2 Å². The van der Waals surface area contributed by atoms with E-state index in [-0.39, 0.29) is 5.91 Å². The Labute approximate surface area is 116 Å². The molecule has 0 unspecified atom stereocenters. The minimum atomic E-state index is -0.564. The van der Waals surface area contributed by atoms with Gasteiger partial charge in [-0.15, -0.1) is 0 Å². The van der Waals surface area contributed by atoms with Crippen molar-refractivity contribution in [2.24, 2.45) is 11.1 Å². The van der Waals surface area contributed by atoms with E-state index in [2.05, 4.69) is 10.2 Å². The molecule has 5 nitrogen and oxygen atoms in total. The van der Waals surface area contributed by atoms with Gasteiger partial charge in [0.15, 0.2) is 0 Å². The first-order valence-electron chi connectivity index (χ1n) is 7.12. The maximum absolute atomic E-state index is 12.1. The van der Waals surface area contributed by atoms with Gasteiger partial charge in [0.1, 0.15) is 0 Å². The summed E-state index contributed by atoms with van der Waals surface area (Å²) in [6.45, 7) is 12.9. The summed E-state index contributed by atoms with van der Waals surface area (Å²) < 4.78 is 5.30. The summed E-state index contributed by atoms with van der Waals surface area (Å²) >= 11 is 0. The Morgan fingerprint density at radius 2 is 1.84 bits per heavy atom. The molecule has 5 heteroatoms. The van der Waals surface area contributed by atoms with Crippen LogP contribution in [0.3, 0.4) is 0 Å². The molecule has 0 atom stereocenters. The minimum absolute atomic E-state index is 0.0296. The predicted octanol–water partition coefficient (Wildman–Crippen LogP) is 0.588. The highest BCUT2D eigenvalue weighted by Crippen LogP contribution is 2.28. The van der Waals surface area contributed by atoms with Gasteiger partial charge in [-0.25, -0.2) is 0 Å². The molecule has 1 aliphatic heterocycles. The zero-order valence-electron chi connectivity index (χ0n) is 12.8. The molecule has 1 amide bonds. The van der Waals surface area contributed by atoms with Crippen LogP contribution in [-0.4, -0.2) is 55.7 Å². The Morgan fingerprint density at radius 1 is 1.26 bits per heavy atom. The molecule has 0 spiro atoms. The number of hydrogen-bond donors (Lipinski definition) is 2.